The Bertz CT molecular complexity index is 404. The van der Waals surface area contributed by atoms with E-state index >= 15 is 0 Å². The highest BCUT2D eigenvalue weighted by Gasteiger charge is 2.32. The van der Waals surface area contributed by atoms with Crippen molar-refractivity contribution >= 4 is 11.6 Å². The molecule has 1 rings (SSSR count). The predicted molar refractivity (Wildman–Crippen MR) is 60.4 cm³/mol. The Morgan fingerprint density at radius 1 is 1.41 bits per heavy atom. The van der Waals surface area contributed by atoms with Gasteiger partial charge in [-0.15, -0.1) is 0 Å². The molecule has 1 atom stereocenters. The molecule has 0 bridgehead atoms. The van der Waals surface area contributed by atoms with Crippen LogP contribution in [0.25, 0.3) is 0 Å². The van der Waals surface area contributed by atoms with Crippen molar-refractivity contribution in [3.63, 3.8) is 0 Å². The number of methoxy groups -OCH3 is 1. The third-order valence-corrected chi connectivity index (χ3v) is 2.47. The van der Waals surface area contributed by atoms with E-state index in [0.29, 0.717) is 5.56 Å². The molecule has 1 aromatic rings. The van der Waals surface area contributed by atoms with E-state index in [4.69, 9.17) is 22.1 Å². The standard InChI is InChI=1S/C11H13ClF3NO/c1-6(16)3-7-4-8(11(13,14)15)5-9(12)10(7)17-2/h4-6H,3,16H2,1-2H3. The number of nitrogens with two attached hydrogens (primary N) is 1. The molecular formula is C11H13ClF3NO. The van der Waals surface area contributed by atoms with E-state index < -0.39 is 11.7 Å². The Morgan fingerprint density at radius 3 is 2.41 bits per heavy atom. The summed E-state index contributed by atoms with van der Waals surface area (Å²) in [7, 11) is 1.36. The summed E-state index contributed by atoms with van der Waals surface area (Å²) in [4.78, 5) is 0. The van der Waals surface area contributed by atoms with Gasteiger partial charge in [0.1, 0.15) is 5.75 Å². The molecule has 1 unspecified atom stereocenters. The molecule has 0 aliphatic heterocycles. The van der Waals surface area contributed by atoms with Crippen LogP contribution in [0.5, 0.6) is 5.75 Å². The lowest BCUT2D eigenvalue weighted by molar-refractivity contribution is -0.137. The van der Waals surface area contributed by atoms with Crippen LogP contribution < -0.4 is 10.5 Å². The Balaban J connectivity index is 3.28. The highest BCUT2D eigenvalue weighted by Crippen LogP contribution is 2.37. The summed E-state index contributed by atoms with van der Waals surface area (Å²) in [5.74, 6) is 0.247. The van der Waals surface area contributed by atoms with Crippen LogP contribution in [-0.2, 0) is 12.6 Å². The molecule has 0 aliphatic rings. The minimum atomic E-state index is -4.43. The fourth-order valence-corrected chi connectivity index (χ4v) is 1.86. The summed E-state index contributed by atoms with van der Waals surface area (Å²) in [5.41, 5.74) is 5.15. The maximum absolute atomic E-state index is 12.6. The number of alkyl halides is 3. The smallest absolute Gasteiger partial charge is 0.416 e. The monoisotopic (exact) mass is 267 g/mol. The van der Waals surface area contributed by atoms with Crippen molar-refractivity contribution in [2.75, 3.05) is 7.11 Å². The maximum Gasteiger partial charge on any atom is 0.416 e. The third kappa shape index (κ3) is 3.51. The van der Waals surface area contributed by atoms with Gasteiger partial charge in [-0.3, -0.25) is 0 Å². The molecule has 0 spiro atoms. The van der Waals surface area contributed by atoms with Crippen molar-refractivity contribution in [1.29, 1.82) is 0 Å². The maximum atomic E-state index is 12.6. The molecule has 0 amide bonds. The number of rotatable bonds is 3. The minimum Gasteiger partial charge on any atom is -0.495 e. The van der Waals surface area contributed by atoms with E-state index in [1.54, 1.807) is 6.92 Å². The average molecular weight is 268 g/mol. The first-order chi connectivity index (χ1) is 7.75. The molecule has 96 valence electrons. The summed E-state index contributed by atoms with van der Waals surface area (Å²) in [6.07, 6.45) is -4.16. The van der Waals surface area contributed by atoms with Gasteiger partial charge in [0, 0.05) is 6.04 Å². The van der Waals surface area contributed by atoms with Gasteiger partial charge >= 0.3 is 6.18 Å². The van der Waals surface area contributed by atoms with Gasteiger partial charge in [-0.1, -0.05) is 11.6 Å². The fourth-order valence-electron chi connectivity index (χ4n) is 1.54. The summed E-state index contributed by atoms with van der Waals surface area (Å²) in [6.45, 7) is 1.70. The van der Waals surface area contributed by atoms with Crippen LogP contribution in [-0.4, -0.2) is 13.2 Å². The summed E-state index contributed by atoms with van der Waals surface area (Å²) in [5, 5.41) is -0.0574. The van der Waals surface area contributed by atoms with Crippen molar-refractivity contribution in [3.05, 3.63) is 28.3 Å². The van der Waals surface area contributed by atoms with Crippen LogP contribution in [0.4, 0.5) is 13.2 Å². The molecule has 0 aliphatic carbocycles. The first-order valence-electron chi connectivity index (χ1n) is 4.95. The Morgan fingerprint density at radius 2 is 2.00 bits per heavy atom. The molecule has 0 saturated carbocycles. The van der Waals surface area contributed by atoms with Crippen molar-refractivity contribution in [1.82, 2.24) is 0 Å². The summed E-state index contributed by atoms with van der Waals surface area (Å²) >= 11 is 5.76. The average Bonchev–Trinajstić information content (AvgIpc) is 2.14. The lowest BCUT2D eigenvalue weighted by atomic mass is 10.0. The van der Waals surface area contributed by atoms with Gasteiger partial charge in [0.2, 0.25) is 0 Å². The van der Waals surface area contributed by atoms with E-state index in [1.807, 2.05) is 0 Å². The van der Waals surface area contributed by atoms with Crippen LogP contribution in [0.3, 0.4) is 0 Å². The second-order valence-electron chi connectivity index (χ2n) is 3.83. The van der Waals surface area contributed by atoms with Crippen molar-refractivity contribution in [2.45, 2.75) is 25.6 Å². The number of hydrogen-bond acceptors (Lipinski definition) is 2. The van der Waals surface area contributed by atoms with Crippen molar-refractivity contribution in [2.24, 2.45) is 5.73 Å². The van der Waals surface area contributed by atoms with Crippen LogP contribution in [0.15, 0.2) is 12.1 Å². The second kappa shape index (κ2) is 5.14. The van der Waals surface area contributed by atoms with Gasteiger partial charge in [-0.2, -0.15) is 13.2 Å². The van der Waals surface area contributed by atoms with Gasteiger partial charge in [0.05, 0.1) is 17.7 Å². The molecule has 0 heterocycles. The lowest BCUT2D eigenvalue weighted by Gasteiger charge is -2.15. The molecule has 17 heavy (non-hydrogen) atoms. The molecule has 1 aromatic carbocycles. The molecule has 0 radical (unpaired) electrons. The van der Waals surface area contributed by atoms with Gasteiger partial charge < -0.3 is 10.5 Å². The largest absolute Gasteiger partial charge is 0.495 e. The van der Waals surface area contributed by atoms with Crippen LogP contribution in [0.2, 0.25) is 5.02 Å². The number of ether oxygens (including phenoxy) is 1. The van der Waals surface area contributed by atoms with Gasteiger partial charge in [0.25, 0.3) is 0 Å². The van der Waals surface area contributed by atoms with E-state index in [-0.39, 0.29) is 23.2 Å². The minimum absolute atomic E-state index is 0.0574. The normalized spacial score (nSPS) is 13.6. The fraction of sp³-hybridized carbons (Fsp3) is 0.455. The van der Waals surface area contributed by atoms with E-state index in [0.717, 1.165) is 12.1 Å². The summed E-state index contributed by atoms with van der Waals surface area (Å²) < 4.78 is 42.8. The zero-order valence-corrected chi connectivity index (χ0v) is 10.2. The first kappa shape index (κ1) is 14.1. The molecule has 0 saturated heterocycles. The Hall–Kier alpha value is -0.940. The quantitative estimate of drug-likeness (QED) is 0.912. The number of benzene rings is 1. The van der Waals surface area contributed by atoms with Gasteiger partial charge in [0.15, 0.2) is 0 Å². The Labute approximate surface area is 103 Å². The molecule has 0 aromatic heterocycles. The molecule has 2 N–H and O–H groups in total. The topological polar surface area (TPSA) is 35.2 Å². The van der Waals surface area contributed by atoms with Crippen molar-refractivity contribution in [3.8, 4) is 5.75 Å². The highest BCUT2D eigenvalue weighted by molar-refractivity contribution is 6.32. The van der Waals surface area contributed by atoms with E-state index in [9.17, 15) is 13.2 Å². The van der Waals surface area contributed by atoms with Crippen molar-refractivity contribution < 1.29 is 17.9 Å². The second-order valence-corrected chi connectivity index (χ2v) is 4.24. The lowest BCUT2D eigenvalue weighted by Crippen LogP contribution is -2.19. The SMILES string of the molecule is COc1c(Cl)cc(C(F)(F)F)cc1CC(C)N. The van der Waals surface area contributed by atoms with E-state index in [1.165, 1.54) is 7.11 Å². The summed E-state index contributed by atoms with van der Waals surface area (Å²) in [6, 6.07) is 1.60. The van der Waals surface area contributed by atoms with Gasteiger partial charge in [-0.05, 0) is 31.0 Å². The predicted octanol–water partition coefficient (Wildman–Crippen LogP) is 3.26. The molecule has 0 fully saturated rings. The van der Waals surface area contributed by atoms with Crippen LogP contribution in [0.1, 0.15) is 18.1 Å². The first-order valence-corrected chi connectivity index (χ1v) is 5.32. The van der Waals surface area contributed by atoms with E-state index in [2.05, 4.69) is 0 Å². The molecular weight excluding hydrogens is 255 g/mol. The zero-order chi connectivity index (χ0) is 13.2. The molecule has 2 nitrogen and oxygen atoms in total. The van der Waals surface area contributed by atoms with Crippen LogP contribution in [0, 0.1) is 0 Å². The number of halogens is 4. The highest BCUT2D eigenvalue weighted by atomic mass is 35.5. The third-order valence-electron chi connectivity index (χ3n) is 2.19. The zero-order valence-electron chi connectivity index (χ0n) is 9.44. The number of hydrogen-bond donors (Lipinski definition) is 1. The van der Waals surface area contributed by atoms with Gasteiger partial charge in [-0.25, -0.2) is 0 Å². The van der Waals surface area contributed by atoms with Crippen LogP contribution >= 0.6 is 11.6 Å². The molecule has 6 heteroatoms. The Kier molecular flexibility index (Phi) is 4.27.